The lowest BCUT2D eigenvalue weighted by Gasteiger charge is -2.50. The molecule has 62 heavy (non-hydrogen) atoms. The summed E-state index contributed by atoms with van der Waals surface area (Å²) in [5, 5.41) is 25.1. The minimum Gasteiger partial charge on any atom is -0.459 e. The molecule has 3 aliphatic rings. The van der Waals surface area contributed by atoms with Gasteiger partial charge in [0.05, 0.1) is 54.2 Å². The van der Waals surface area contributed by atoms with Crippen LogP contribution in [0.1, 0.15) is 128 Å². The molecule has 0 spiro atoms. The molecular formula is C51H80N2O9. The number of aliphatic hydroxyl groups excluding tert-OH is 1. The molecule has 1 aromatic carbocycles. The molecule has 0 bridgehead atoms. The summed E-state index contributed by atoms with van der Waals surface area (Å²) in [7, 11) is 1.72. The average molecular weight is 865 g/mol. The van der Waals surface area contributed by atoms with E-state index < -0.39 is 71.9 Å². The highest BCUT2D eigenvalue weighted by Crippen LogP contribution is 2.45. The van der Waals surface area contributed by atoms with Crippen molar-refractivity contribution in [3.8, 4) is 0 Å². The second-order valence-electron chi connectivity index (χ2n) is 20.5. The van der Waals surface area contributed by atoms with Crippen molar-refractivity contribution in [1.29, 1.82) is 0 Å². The molecule has 0 amide bonds. The van der Waals surface area contributed by atoms with E-state index in [1.165, 1.54) is 0 Å². The SMILES string of the molecule is CC[C@H]1OC(=O)[C@H](C)C(O[C@H]2CC(C)(C)[C@@H](C)[C@H](C)O2)[C@H](C)[C@@H](OC2O[C@H](C)C[C@H](C)[C@H]2C)[C@@](C)(OC/C=C/c2cnc3ccccc3c2)C[C@H](C)C(=NC)[C@H](C)[C@@H](O)[C@]1(C)O. The van der Waals surface area contributed by atoms with Crippen LogP contribution in [0.15, 0.2) is 47.6 Å². The fourth-order valence-electron chi connectivity index (χ4n) is 10.6. The van der Waals surface area contributed by atoms with Gasteiger partial charge in [0.1, 0.15) is 11.7 Å². The Kier molecular flexibility index (Phi) is 16.7. The summed E-state index contributed by atoms with van der Waals surface area (Å²) in [5.74, 6) is -2.01. The molecular weight excluding hydrogens is 785 g/mol. The fraction of sp³-hybridized carbons (Fsp3) is 0.745. The number of rotatable bonds is 9. The number of nitrogens with zero attached hydrogens (tertiary/aromatic N) is 2. The van der Waals surface area contributed by atoms with Crippen molar-refractivity contribution < 1.29 is 43.4 Å². The van der Waals surface area contributed by atoms with Crippen LogP contribution in [0.3, 0.4) is 0 Å². The van der Waals surface area contributed by atoms with E-state index in [4.69, 9.17) is 33.4 Å². The van der Waals surface area contributed by atoms with Crippen LogP contribution in [-0.4, -0.2) is 101 Å². The normalized spacial score (nSPS) is 42.2. The third kappa shape index (κ3) is 11.2. The number of pyridine rings is 1. The zero-order valence-corrected chi connectivity index (χ0v) is 40.5. The maximum absolute atomic E-state index is 14.6. The van der Waals surface area contributed by atoms with Crippen molar-refractivity contribution in [3.05, 3.63) is 48.2 Å². The third-order valence-electron chi connectivity index (χ3n) is 15.2. The number of hydrogen-bond acceptors (Lipinski definition) is 11. The van der Waals surface area contributed by atoms with Crippen LogP contribution in [0.2, 0.25) is 0 Å². The zero-order valence-electron chi connectivity index (χ0n) is 40.5. The van der Waals surface area contributed by atoms with Gasteiger partial charge in [0, 0.05) is 48.5 Å². The summed E-state index contributed by atoms with van der Waals surface area (Å²) < 4.78 is 41.1. The minimum atomic E-state index is -1.79. The highest BCUT2D eigenvalue weighted by Gasteiger charge is 2.53. The summed E-state index contributed by atoms with van der Waals surface area (Å²) in [6, 6.07) is 10.1. The van der Waals surface area contributed by atoms with E-state index in [0.717, 1.165) is 22.9 Å². The molecule has 11 heteroatoms. The number of hydrogen-bond donors (Lipinski definition) is 2. The van der Waals surface area contributed by atoms with E-state index >= 15 is 0 Å². The Morgan fingerprint density at radius 3 is 2.29 bits per heavy atom. The van der Waals surface area contributed by atoms with E-state index in [9.17, 15) is 15.0 Å². The molecule has 3 saturated heterocycles. The van der Waals surface area contributed by atoms with E-state index in [-0.39, 0.29) is 48.4 Å². The van der Waals surface area contributed by atoms with Gasteiger partial charge in [-0.1, -0.05) is 92.7 Å². The van der Waals surface area contributed by atoms with Gasteiger partial charge in [-0.3, -0.25) is 14.8 Å². The number of esters is 1. The molecule has 348 valence electrons. The van der Waals surface area contributed by atoms with Crippen molar-refractivity contribution >= 4 is 28.7 Å². The molecule has 3 fully saturated rings. The Morgan fingerprint density at radius 2 is 1.63 bits per heavy atom. The molecule has 0 aliphatic carbocycles. The Hall–Kier alpha value is -2.77. The summed E-state index contributed by atoms with van der Waals surface area (Å²) in [6.07, 6.45) is 3.06. The first kappa shape index (κ1) is 50.2. The van der Waals surface area contributed by atoms with Gasteiger partial charge in [0.15, 0.2) is 12.6 Å². The van der Waals surface area contributed by atoms with Gasteiger partial charge < -0.3 is 38.6 Å². The van der Waals surface area contributed by atoms with Crippen LogP contribution in [0.5, 0.6) is 0 Å². The zero-order chi connectivity index (χ0) is 45.9. The Bertz CT molecular complexity index is 1850. The van der Waals surface area contributed by atoms with E-state index in [2.05, 4.69) is 86.4 Å². The van der Waals surface area contributed by atoms with Crippen molar-refractivity contribution in [2.45, 2.75) is 183 Å². The Labute approximate surface area is 372 Å². The number of aromatic nitrogens is 1. The highest BCUT2D eigenvalue weighted by molar-refractivity contribution is 5.89. The van der Waals surface area contributed by atoms with Gasteiger partial charge in [0.2, 0.25) is 0 Å². The summed E-state index contributed by atoms with van der Waals surface area (Å²) >= 11 is 0. The highest BCUT2D eigenvalue weighted by atomic mass is 16.7. The summed E-state index contributed by atoms with van der Waals surface area (Å²) in [5.41, 5.74) is -0.342. The van der Waals surface area contributed by atoms with Crippen LogP contribution in [0.25, 0.3) is 17.0 Å². The van der Waals surface area contributed by atoms with E-state index in [1.54, 1.807) is 14.0 Å². The molecule has 3 aliphatic heterocycles. The molecule has 17 atom stereocenters. The molecule has 2 unspecified atom stereocenters. The van der Waals surface area contributed by atoms with E-state index in [1.807, 2.05) is 57.3 Å². The Balaban J connectivity index is 1.65. The number of cyclic esters (lactones) is 1. The molecule has 5 rings (SSSR count). The van der Waals surface area contributed by atoms with Crippen molar-refractivity contribution in [2.24, 2.45) is 51.8 Å². The average Bonchev–Trinajstić information content (AvgIpc) is 3.21. The quantitative estimate of drug-likeness (QED) is 0.235. The first-order valence-corrected chi connectivity index (χ1v) is 23.4. The van der Waals surface area contributed by atoms with Crippen molar-refractivity contribution in [2.75, 3.05) is 13.7 Å². The number of aliphatic hydroxyl groups is 2. The lowest BCUT2D eigenvalue weighted by molar-refractivity contribution is -0.304. The molecule has 11 nitrogen and oxygen atoms in total. The number of benzene rings is 1. The minimum absolute atomic E-state index is 0.0214. The lowest BCUT2D eigenvalue weighted by atomic mass is 9.72. The molecule has 0 radical (unpaired) electrons. The number of carbonyl (C=O) groups excluding carboxylic acids is 1. The first-order valence-electron chi connectivity index (χ1n) is 23.4. The van der Waals surface area contributed by atoms with Crippen molar-refractivity contribution in [3.63, 3.8) is 0 Å². The van der Waals surface area contributed by atoms with Gasteiger partial charge >= 0.3 is 5.97 Å². The molecule has 2 aromatic rings. The van der Waals surface area contributed by atoms with Crippen LogP contribution < -0.4 is 0 Å². The lowest BCUT2D eigenvalue weighted by Crippen LogP contribution is -2.59. The van der Waals surface area contributed by atoms with E-state index in [0.29, 0.717) is 24.5 Å². The van der Waals surface area contributed by atoms with Crippen molar-refractivity contribution in [1.82, 2.24) is 4.98 Å². The predicted molar refractivity (Wildman–Crippen MR) is 245 cm³/mol. The molecule has 1 aromatic heterocycles. The van der Waals surface area contributed by atoms with Gasteiger partial charge in [-0.25, -0.2) is 0 Å². The monoisotopic (exact) mass is 865 g/mol. The predicted octanol–water partition coefficient (Wildman–Crippen LogP) is 9.45. The topological polar surface area (TPSA) is 138 Å². The second-order valence-corrected chi connectivity index (χ2v) is 20.5. The number of carbonyl (C=O) groups is 1. The van der Waals surface area contributed by atoms with Gasteiger partial charge in [-0.15, -0.1) is 0 Å². The van der Waals surface area contributed by atoms with Crippen LogP contribution in [0, 0.1) is 46.8 Å². The van der Waals surface area contributed by atoms with Gasteiger partial charge in [0.25, 0.3) is 0 Å². The fourth-order valence-corrected chi connectivity index (χ4v) is 10.6. The van der Waals surface area contributed by atoms with Gasteiger partial charge in [-0.2, -0.15) is 0 Å². The largest absolute Gasteiger partial charge is 0.459 e. The summed E-state index contributed by atoms with van der Waals surface area (Å²) in [4.78, 5) is 24.0. The van der Waals surface area contributed by atoms with Gasteiger partial charge in [-0.05, 0) is 94.7 Å². The molecule has 4 heterocycles. The number of aliphatic imine (C=N–C) groups is 1. The van der Waals surface area contributed by atoms with Crippen LogP contribution in [0.4, 0.5) is 0 Å². The third-order valence-corrected chi connectivity index (χ3v) is 15.2. The first-order chi connectivity index (χ1) is 29.0. The number of fused-ring (bicyclic) bond motifs is 1. The maximum Gasteiger partial charge on any atom is 0.311 e. The maximum atomic E-state index is 14.6. The van der Waals surface area contributed by atoms with Crippen LogP contribution >= 0.6 is 0 Å². The smallest absolute Gasteiger partial charge is 0.311 e. The number of ether oxygens (including phenoxy) is 6. The Morgan fingerprint density at radius 1 is 0.935 bits per heavy atom. The molecule has 0 saturated carbocycles. The standard InChI is InChI=1S/C51H80N2O9/c1-16-41-51(14,56)45(54)33(6)43(52-15)30(3)26-50(13,57-23-19-20-38-25-39-21-17-18-22-40(39)53-28-38)46(62-48-32(5)29(2)24-31(4)58-48)34(7)44(35(8)47(55)60-41)61-42-27-49(11,12)36(9)37(10)59-42/h17-22,25,28-37,41-42,44-46,48,54,56H,16,23-24,26-27H2,1-15H3/b20-19+,52-43?/t29-,30-,31+,32+,33-,34-,35+,36-,37-,41+,42-,44?,45+,46+,48?,50-,51+/m0/s1. The summed E-state index contributed by atoms with van der Waals surface area (Å²) in [6.45, 7) is 28.8. The number of para-hydroxylation sites is 1. The molecule has 2 N–H and O–H groups in total. The van der Waals surface area contributed by atoms with Crippen LogP contribution in [-0.2, 0) is 33.2 Å². The second kappa shape index (κ2) is 20.6.